The molecule has 0 saturated carbocycles. The van der Waals surface area contributed by atoms with Crippen LogP contribution in [0.25, 0.3) is 0 Å². The van der Waals surface area contributed by atoms with Crippen LogP contribution in [0.3, 0.4) is 0 Å². The highest BCUT2D eigenvalue weighted by Crippen LogP contribution is 2.05. The van der Waals surface area contributed by atoms with Crippen molar-refractivity contribution in [2.45, 2.75) is 39.2 Å². The van der Waals surface area contributed by atoms with Crippen molar-refractivity contribution in [1.29, 1.82) is 5.26 Å². The number of unbranched alkanes of at least 4 members (excludes halogenated alkanes) is 1. The molecule has 0 amide bonds. The molecule has 0 aromatic heterocycles. The molecule has 0 aliphatic heterocycles. The summed E-state index contributed by atoms with van der Waals surface area (Å²) in [5.74, 6) is 0. The lowest BCUT2D eigenvalue weighted by atomic mass is 10.1. The molecule has 0 radical (unpaired) electrons. The van der Waals surface area contributed by atoms with Crippen LogP contribution < -0.4 is 0 Å². The summed E-state index contributed by atoms with van der Waals surface area (Å²) in [6, 6.07) is 2.01. The summed E-state index contributed by atoms with van der Waals surface area (Å²) < 4.78 is 5.19. The highest BCUT2D eigenvalue weighted by atomic mass is 16.5. The van der Waals surface area contributed by atoms with Gasteiger partial charge in [0.15, 0.2) is 0 Å². The molecule has 0 aromatic carbocycles. The fourth-order valence-electron chi connectivity index (χ4n) is 0.779. The van der Waals surface area contributed by atoms with Crippen LogP contribution in [0.4, 0.5) is 0 Å². The van der Waals surface area contributed by atoms with Gasteiger partial charge in [0, 0.05) is 0 Å². The van der Waals surface area contributed by atoms with Gasteiger partial charge in [0.2, 0.25) is 0 Å². The first-order valence-corrected chi connectivity index (χ1v) is 4.38. The fourth-order valence-corrected chi connectivity index (χ4v) is 0.779. The van der Waals surface area contributed by atoms with E-state index in [2.05, 4.69) is 13.5 Å². The van der Waals surface area contributed by atoms with E-state index in [1.807, 2.05) is 6.07 Å². The summed E-state index contributed by atoms with van der Waals surface area (Å²) in [5, 5.41) is 8.42. The predicted octanol–water partition coefficient (Wildman–Crippen LogP) is 2.66. The van der Waals surface area contributed by atoms with Crippen LogP contribution in [0.2, 0.25) is 0 Å². The van der Waals surface area contributed by atoms with Crippen LogP contribution in [-0.4, -0.2) is 12.7 Å². The Balaban J connectivity index is 3.39. The molecular formula is C10H17NO. The van der Waals surface area contributed by atoms with Gasteiger partial charge in [0.25, 0.3) is 0 Å². The Morgan fingerprint density at radius 1 is 1.67 bits per heavy atom. The Morgan fingerprint density at radius 2 is 2.33 bits per heavy atom. The molecule has 0 spiro atoms. The van der Waals surface area contributed by atoms with Crippen molar-refractivity contribution in [3.8, 4) is 6.07 Å². The van der Waals surface area contributed by atoms with E-state index in [0.717, 1.165) is 18.4 Å². The molecule has 0 fully saturated rings. The lowest BCUT2D eigenvalue weighted by Crippen LogP contribution is -2.07. The second kappa shape index (κ2) is 6.87. The topological polar surface area (TPSA) is 33.0 Å². The van der Waals surface area contributed by atoms with Gasteiger partial charge in [-0.05, 0) is 19.8 Å². The monoisotopic (exact) mass is 167 g/mol. The molecule has 2 heteroatoms. The molecule has 1 atom stereocenters. The van der Waals surface area contributed by atoms with Crippen molar-refractivity contribution < 1.29 is 4.74 Å². The normalized spacial score (nSPS) is 12.1. The third kappa shape index (κ3) is 5.94. The zero-order valence-corrected chi connectivity index (χ0v) is 7.97. The van der Waals surface area contributed by atoms with E-state index >= 15 is 0 Å². The van der Waals surface area contributed by atoms with Crippen molar-refractivity contribution in [2.24, 2.45) is 0 Å². The van der Waals surface area contributed by atoms with Crippen molar-refractivity contribution in [3.63, 3.8) is 0 Å². The third-order valence-electron chi connectivity index (χ3n) is 1.60. The first-order chi connectivity index (χ1) is 5.70. The van der Waals surface area contributed by atoms with E-state index in [-0.39, 0.29) is 6.10 Å². The molecule has 0 bridgehead atoms. The molecule has 0 rings (SSSR count). The number of ether oxygens (including phenoxy) is 1. The van der Waals surface area contributed by atoms with Crippen LogP contribution in [-0.2, 0) is 4.74 Å². The largest absolute Gasteiger partial charge is 0.359 e. The maximum Gasteiger partial charge on any atom is 0.141 e. The van der Waals surface area contributed by atoms with Crippen LogP contribution in [0.5, 0.6) is 0 Å². The molecule has 12 heavy (non-hydrogen) atoms. The summed E-state index contributed by atoms with van der Waals surface area (Å²) >= 11 is 0. The van der Waals surface area contributed by atoms with Crippen LogP contribution in [0.15, 0.2) is 12.2 Å². The highest BCUT2D eigenvalue weighted by Gasteiger charge is 1.99. The summed E-state index contributed by atoms with van der Waals surface area (Å²) in [6.07, 6.45) is 3.02. The molecule has 68 valence electrons. The Kier molecular flexibility index (Phi) is 6.41. The van der Waals surface area contributed by atoms with Gasteiger partial charge in [-0.2, -0.15) is 5.26 Å². The minimum atomic E-state index is -0.316. The molecule has 2 nitrogen and oxygen atoms in total. The maximum atomic E-state index is 8.42. The first-order valence-electron chi connectivity index (χ1n) is 4.38. The quantitative estimate of drug-likeness (QED) is 0.570. The predicted molar refractivity (Wildman–Crippen MR) is 49.7 cm³/mol. The minimum Gasteiger partial charge on any atom is -0.359 e. The SMILES string of the molecule is C=C(CCCC)COC(C)C#N. The third-order valence-corrected chi connectivity index (χ3v) is 1.60. The molecular weight excluding hydrogens is 150 g/mol. The lowest BCUT2D eigenvalue weighted by Gasteiger charge is -2.07. The van der Waals surface area contributed by atoms with Crippen molar-refractivity contribution >= 4 is 0 Å². The van der Waals surface area contributed by atoms with E-state index in [1.165, 1.54) is 6.42 Å². The van der Waals surface area contributed by atoms with Gasteiger partial charge in [0.05, 0.1) is 12.7 Å². The Bertz CT molecular complexity index is 169. The van der Waals surface area contributed by atoms with Gasteiger partial charge in [-0.3, -0.25) is 0 Å². The highest BCUT2D eigenvalue weighted by molar-refractivity contribution is 4.95. The van der Waals surface area contributed by atoms with Gasteiger partial charge >= 0.3 is 0 Å². The van der Waals surface area contributed by atoms with E-state index in [0.29, 0.717) is 6.61 Å². The average Bonchev–Trinajstić information content (AvgIpc) is 2.10. The molecule has 0 N–H and O–H groups in total. The lowest BCUT2D eigenvalue weighted by molar-refractivity contribution is 0.121. The number of hydrogen-bond acceptors (Lipinski definition) is 2. The summed E-state index contributed by atoms with van der Waals surface area (Å²) in [5.41, 5.74) is 1.08. The van der Waals surface area contributed by atoms with Crippen molar-refractivity contribution in [2.75, 3.05) is 6.61 Å². The number of nitrogens with zero attached hydrogens (tertiary/aromatic N) is 1. The van der Waals surface area contributed by atoms with Gasteiger partial charge in [-0.1, -0.05) is 25.5 Å². The van der Waals surface area contributed by atoms with E-state index in [1.54, 1.807) is 6.92 Å². The van der Waals surface area contributed by atoms with Crippen LogP contribution in [0, 0.1) is 11.3 Å². The zero-order chi connectivity index (χ0) is 9.40. The number of rotatable bonds is 6. The summed E-state index contributed by atoms with van der Waals surface area (Å²) in [7, 11) is 0. The van der Waals surface area contributed by atoms with Gasteiger partial charge in [-0.25, -0.2) is 0 Å². The number of nitriles is 1. The minimum absolute atomic E-state index is 0.316. The van der Waals surface area contributed by atoms with Gasteiger partial charge in [0.1, 0.15) is 6.10 Å². The van der Waals surface area contributed by atoms with Gasteiger partial charge < -0.3 is 4.74 Å². The Labute approximate surface area is 74.8 Å². The van der Waals surface area contributed by atoms with E-state index in [4.69, 9.17) is 10.00 Å². The Morgan fingerprint density at radius 3 is 2.83 bits per heavy atom. The maximum absolute atomic E-state index is 8.42. The summed E-state index contributed by atoms with van der Waals surface area (Å²) in [6.45, 7) is 8.27. The molecule has 1 unspecified atom stereocenters. The summed E-state index contributed by atoms with van der Waals surface area (Å²) in [4.78, 5) is 0. The standard InChI is InChI=1S/C10H17NO/c1-4-5-6-9(2)8-12-10(3)7-11/h10H,2,4-6,8H2,1,3H3. The van der Waals surface area contributed by atoms with Crippen molar-refractivity contribution in [1.82, 2.24) is 0 Å². The first kappa shape index (κ1) is 11.2. The van der Waals surface area contributed by atoms with Crippen molar-refractivity contribution in [3.05, 3.63) is 12.2 Å². The molecule has 0 aromatic rings. The average molecular weight is 167 g/mol. The molecule has 0 aliphatic carbocycles. The molecule has 0 aliphatic rings. The Hall–Kier alpha value is -0.810. The van der Waals surface area contributed by atoms with Crippen LogP contribution in [0.1, 0.15) is 33.1 Å². The van der Waals surface area contributed by atoms with Gasteiger partial charge in [-0.15, -0.1) is 0 Å². The zero-order valence-electron chi connectivity index (χ0n) is 7.97. The second-order valence-electron chi connectivity index (χ2n) is 2.94. The second-order valence-corrected chi connectivity index (χ2v) is 2.94. The van der Waals surface area contributed by atoms with E-state index < -0.39 is 0 Å². The van der Waals surface area contributed by atoms with Crippen LogP contribution >= 0.6 is 0 Å². The number of hydrogen-bond donors (Lipinski definition) is 0. The molecule has 0 saturated heterocycles. The molecule has 0 heterocycles. The fraction of sp³-hybridized carbons (Fsp3) is 0.700. The smallest absolute Gasteiger partial charge is 0.141 e. The van der Waals surface area contributed by atoms with E-state index in [9.17, 15) is 0 Å².